The Bertz CT molecular complexity index is 1430. The minimum absolute atomic E-state index is 0.00000785. The van der Waals surface area contributed by atoms with Gasteiger partial charge in [0.1, 0.15) is 17.3 Å². The zero-order valence-electron chi connectivity index (χ0n) is 20.4. The van der Waals surface area contributed by atoms with Crippen LogP contribution in [0.15, 0.2) is 79.1 Å². The summed E-state index contributed by atoms with van der Waals surface area (Å²) in [5.74, 6) is 1.60. The molecular weight excluding hydrogens is 452 g/mol. The Morgan fingerprint density at radius 1 is 0.972 bits per heavy atom. The number of hydrogen-bond acceptors (Lipinski definition) is 5. The lowest BCUT2D eigenvalue weighted by atomic mass is 10.00. The quantitative estimate of drug-likeness (QED) is 0.361. The van der Waals surface area contributed by atoms with Crippen molar-refractivity contribution < 1.29 is 19.1 Å². The Morgan fingerprint density at radius 2 is 1.86 bits per heavy atom. The van der Waals surface area contributed by atoms with Gasteiger partial charge in [-0.1, -0.05) is 30.3 Å². The molecular formula is C30H28N2O4. The molecule has 36 heavy (non-hydrogen) atoms. The maximum absolute atomic E-state index is 13.0. The largest absolute Gasteiger partial charge is 0.497 e. The van der Waals surface area contributed by atoms with Gasteiger partial charge in [0.15, 0.2) is 0 Å². The van der Waals surface area contributed by atoms with Crippen molar-refractivity contribution in [3.05, 3.63) is 101 Å². The number of pyridine rings is 1. The number of carbonyl (C=O) groups excluding carboxylic acids is 2. The fourth-order valence-electron chi connectivity index (χ4n) is 4.68. The van der Waals surface area contributed by atoms with Crippen LogP contribution in [0.1, 0.15) is 39.4 Å². The first-order valence-corrected chi connectivity index (χ1v) is 12.0. The summed E-state index contributed by atoms with van der Waals surface area (Å²) in [6.45, 7) is 0.336. The summed E-state index contributed by atoms with van der Waals surface area (Å²) in [5, 5.41) is 5.12. The van der Waals surface area contributed by atoms with E-state index in [-0.39, 0.29) is 23.5 Å². The van der Waals surface area contributed by atoms with Crippen LogP contribution in [-0.2, 0) is 17.8 Å². The van der Waals surface area contributed by atoms with E-state index in [1.165, 1.54) is 0 Å². The SMILES string of the molecule is COc1ccc(CNC(=O)c2cccc([C@@H]3C[C@H]3C(=O)Cc3ccc4cnccc4c3)c2)c(OC)c1. The number of Topliss-reactive ketones (excluding diaryl/α,β-unsaturated/α-hetero) is 1. The van der Waals surface area contributed by atoms with Gasteiger partial charge < -0.3 is 14.8 Å². The van der Waals surface area contributed by atoms with Crippen molar-refractivity contribution in [2.45, 2.75) is 25.3 Å². The van der Waals surface area contributed by atoms with E-state index in [1.807, 2.05) is 54.7 Å². The van der Waals surface area contributed by atoms with Crippen molar-refractivity contribution in [3.63, 3.8) is 0 Å². The first-order chi connectivity index (χ1) is 17.6. The molecule has 0 saturated heterocycles. The number of carbonyl (C=O) groups is 2. The third kappa shape index (κ3) is 5.08. The third-order valence-corrected chi connectivity index (χ3v) is 6.80. The molecule has 6 nitrogen and oxygen atoms in total. The number of fused-ring (bicyclic) bond motifs is 1. The number of ketones is 1. The minimum atomic E-state index is -0.163. The van der Waals surface area contributed by atoms with E-state index in [9.17, 15) is 9.59 Å². The molecule has 1 amide bonds. The standard InChI is InChI=1S/C30H28N2O4/c1-35-25-9-8-24(29(15-25)36-2)18-32-30(34)22-5-3-4-21(14-22)26-16-27(26)28(33)13-19-6-7-23-17-31-11-10-20(23)12-19/h3-12,14-15,17,26-27H,13,16,18H2,1-2H3,(H,32,34)/t26-,27+/m0/s1. The van der Waals surface area contributed by atoms with E-state index in [0.717, 1.165) is 33.9 Å². The zero-order valence-corrected chi connectivity index (χ0v) is 20.4. The molecule has 1 aliphatic rings. The van der Waals surface area contributed by atoms with Crippen molar-refractivity contribution in [2.24, 2.45) is 5.92 Å². The second kappa shape index (κ2) is 10.2. The second-order valence-corrected chi connectivity index (χ2v) is 9.13. The normalized spacial score (nSPS) is 16.4. The third-order valence-electron chi connectivity index (χ3n) is 6.80. The Morgan fingerprint density at radius 3 is 2.69 bits per heavy atom. The second-order valence-electron chi connectivity index (χ2n) is 9.13. The zero-order chi connectivity index (χ0) is 25.1. The fraction of sp³-hybridized carbons (Fsp3) is 0.233. The predicted molar refractivity (Wildman–Crippen MR) is 138 cm³/mol. The van der Waals surface area contributed by atoms with Crippen molar-refractivity contribution >= 4 is 22.5 Å². The molecule has 1 heterocycles. The number of rotatable bonds is 9. The van der Waals surface area contributed by atoms with Crippen LogP contribution in [-0.4, -0.2) is 30.9 Å². The summed E-state index contributed by atoms with van der Waals surface area (Å²) in [6, 6.07) is 21.1. The van der Waals surface area contributed by atoms with E-state index >= 15 is 0 Å². The number of amides is 1. The lowest BCUT2D eigenvalue weighted by Crippen LogP contribution is -2.23. The smallest absolute Gasteiger partial charge is 0.251 e. The Kier molecular flexibility index (Phi) is 6.67. The minimum Gasteiger partial charge on any atom is -0.497 e. The van der Waals surface area contributed by atoms with E-state index in [0.29, 0.717) is 30.0 Å². The topological polar surface area (TPSA) is 77.5 Å². The molecule has 1 fully saturated rings. The summed E-state index contributed by atoms with van der Waals surface area (Å²) in [7, 11) is 3.19. The molecule has 0 unspecified atom stereocenters. The maximum atomic E-state index is 13.0. The van der Waals surface area contributed by atoms with Crippen LogP contribution in [0.2, 0.25) is 0 Å². The Hall–Kier alpha value is -4.19. The van der Waals surface area contributed by atoms with E-state index in [4.69, 9.17) is 9.47 Å². The number of benzene rings is 3. The van der Waals surface area contributed by atoms with Gasteiger partial charge in [-0.25, -0.2) is 0 Å². The Labute approximate surface area is 210 Å². The van der Waals surface area contributed by atoms with E-state index < -0.39 is 0 Å². The maximum Gasteiger partial charge on any atom is 0.251 e. The van der Waals surface area contributed by atoms with Crippen LogP contribution in [0.3, 0.4) is 0 Å². The highest BCUT2D eigenvalue weighted by atomic mass is 16.5. The van der Waals surface area contributed by atoms with Crippen molar-refractivity contribution in [1.82, 2.24) is 10.3 Å². The lowest BCUT2D eigenvalue weighted by molar-refractivity contribution is -0.119. The Balaban J connectivity index is 1.21. The molecule has 3 aromatic carbocycles. The van der Waals surface area contributed by atoms with E-state index in [1.54, 1.807) is 32.5 Å². The number of hydrogen-bond donors (Lipinski definition) is 1. The van der Waals surface area contributed by atoms with E-state index in [2.05, 4.69) is 16.4 Å². The van der Waals surface area contributed by atoms with Crippen LogP contribution in [0, 0.1) is 5.92 Å². The van der Waals surface area contributed by atoms with Gasteiger partial charge in [0.05, 0.1) is 14.2 Å². The molecule has 0 spiro atoms. The molecule has 0 radical (unpaired) electrons. The summed E-state index contributed by atoms with van der Waals surface area (Å²) >= 11 is 0. The molecule has 182 valence electrons. The molecule has 1 aliphatic carbocycles. The molecule has 1 N–H and O–H groups in total. The lowest BCUT2D eigenvalue weighted by Gasteiger charge is -2.12. The van der Waals surface area contributed by atoms with Crippen LogP contribution in [0.4, 0.5) is 0 Å². The van der Waals surface area contributed by atoms with Gasteiger partial charge in [0.25, 0.3) is 5.91 Å². The molecule has 5 rings (SSSR count). The van der Waals surface area contributed by atoms with Crippen molar-refractivity contribution in [3.8, 4) is 11.5 Å². The van der Waals surface area contributed by atoms with Gasteiger partial charge in [-0.15, -0.1) is 0 Å². The highest BCUT2D eigenvalue weighted by Crippen LogP contribution is 2.48. The van der Waals surface area contributed by atoms with Gasteiger partial charge in [0, 0.05) is 53.9 Å². The fourth-order valence-corrected chi connectivity index (χ4v) is 4.68. The molecule has 1 saturated carbocycles. The molecule has 0 bridgehead atoms. The van der Waals surface area contributed by atoms with Crippen molar-refractivity contribution in [1.29, 1.82) is 0 Å². The molecule has 4 aromatic rings. The van der Waals surface area contributed by atoms with Crippen LogP contribution < -0.4 is 14.8 Å². The number of methoxy groups -OCH3 is 2. The van der Waals surface area contributed by atoms with Gasteiger partial charge >= 0.3 is 0 Å². The summed E-state index contributed by atoms with van der Waals surface area (Å²) in [4.78, 5) is 30.0. The molecule has 2 atom stereocenters. The van der Waals surface area contributed by atoms with Crippen LogP contribution >= 0.6 is 0 Å². The monoisotopic (exact) mass is 480 g/mol. The highest BCUT2D eigenvalue weighted by molar-refractivity contribution is 5.94. The molecule has 0 aliphatic heterocycles. The average molecular weight is 481 g/mol. The number of ether oxygens (including phenoxy) is 2. The average Bonchev–Trinajstić information content (AvgIpc) is 3.73. The number of nitrogens with one attached hydrogen (secondary N) is 1. The molecule has 6 heteroatoms. The van der Waals surface area contributed by atoms with Crippen LogP contribution in [0.25, 0.3) is 10.8 Å². The summed E-state index contributed by atoms with van der Waals surface area (Å²) in [6.07, 6.45) is 4.84. The molecule has 1 aromatic heterocycles. The highest BCUT2D eigenvalue weighted by Gasteiger charge is 2.43. The van der Waals surface area contributed by atoms with Gasteiger partial charge in [-0.2, -0.15) is 0 Å². The van der Waals surface area contributed by atoms with Gasteiger partial charge in [-0.05, 0) is 59.2 Å². The van der Waals surface area contributed by atoms with Crippen LogP contribution in [0.5, 0.6) is 11.5 Å². The first kappa shape index (κ1) is 23.5. The summed E-state index contributed by atoms with van der Waals surface area (Å²) < 4.78 is 10.6. The number of nitrogens with zero attached hydrogens (tertiary/aromatic N) is 1. The van der Waals surface area contributed by atoms with Crippen molar-refractivity contribution in [2.75, 3.05) is 14.2 Å². The first-order valence-electron chi connectivity index (χ1n) is 12.0. The number of aromatic nitrogens is 1. The predicted octanol–water partition coefficient (Wildman–Crippen LogP) is 5.10. The van der Waals surface area contributed by atoms with Gasteiger partial charge in [0.2, 0.25) is 0 Å². The summed E-state index contributed by atoms with van der Waals surface area (Å²) in [5.41, 5.74) is 3.50. The van der Waals surface area contributed by atoms with Gasteiger partial charge in [-0.3, -0.25) is 14.6 Å².